The molecule has 2 rings (SSSR count). The van der Waals surface area contributed by atoms with Gasteiger partial charge in [-0.2, -0.15) is 13.2 Å². The number of amides is 2. The molecule has 0 aromatic heterocycles. The Labute approximate surface area is 147 Å². The van der Waals surface area contributed by atoms with E-state index in [1.165, 1.54) is 6.07 Å². The fraction of sp³-hybridized carbons (Fsp3) is 0.176. The fourth-order valence-corrected chi connectivity index (χ4v) is 2.32. The maximum Gasteiger partial charge on any atom is 0.417 e. The summed E-state index contributed by atoms with van der Waals surface area (Å²) in [6, 6.07) is 9.97. The van der Waals surface area contributed by atoms with Crippen molar-refractivity contribution < 1.29 is 22.8 Å². The van der Waals surface area contributed by atoms with Crippen LogP contribution in [0.4, 0.5) is 24.5 Å². The lowest BCUT2D eigenvalue weighted by atomic mass is 10.2. The zero-order valence-electron chi connectivity index (χ0n) is 13.1. The lowest BCUT2D eigenvalue weighted by Crippen LogP contribution is -2.21. The molecule has 2 N–H and O–H groups in total. The van der Waals surface area contributed by atoms with Gasteiger partial charge in [0.15, 0.2) is 0 Å². The van der Waals surface area contributed by atoms with Crippen molar-refractivity contribution in [2.45, 2.75) is 19.5 Å². The minimum Gasteiger partial charge on any atom is -0.326 e. The van der Waals surface area contributed by atoms with Gasteiger partial charge in [0.25, 0.3) is 0 Å². The Morgan fingerprint density at radius 2 is 1.60 bits per heavy atom. The van der Waals surface area contributed by atoms with Gasteiger partial charge in [-0.05, 0) is 42.8 Å². The molecular formula is C17H14ClF3N2O2. The molecule has 4 nitrogen and oxygen atoms in total. The number of halogens is 4. The van der Waals surface area contributed by atoms with Crippen LogP contribution < -0.4 is 10.6 Å². The van der Waals surface area contributed by atoms with Gasteiger partial charge in [0, 0.05) is 11.4 Å². The Hall–Kier alpha value is -2.54. The van der Waals surface area contributed by atoms with Gasteiger partial charge in [-0.25, -0.2) is 0 Å². The monoisotopic (exact) mass is 370 g/mol. The maximum atomic E-state index is 12.8. The molecule has 2 aromatic rings. The normalized spacial score (nSPS) is 11.1. The van der Waals surface area contributed by atoms with Crippen molar-refractivity contribution in [2.75, 3.05) is 10.6 Å². The topological polar surface area (TPSA) is 58.2 Å². The first-order valence-corrected chi connectivity index (χ1v) is 7.56. The molecule has 0 saturated carbocycles. The summed E-state index contributed by atoms with van der Waals surface area (Å²) >= 11 is 5.51. The van der Waals surface area contributed by atoms with E-state index in [1.807, 2.05) is 13.0 Å². The second kappa shape index (κ2) is 7.57. The standard InChI is InChI=1S/C17H14ClF3N2O2/c1-10-3-2-4-11(7-10)22-15(24)9-16(25)23-12-5-6-14(18)13(8-12)17(19,20)21/h2-8H,9H2,1H3,(H,22,24)(H,23,25). The molecule has 0 heterocycles. The first kappa shape index (κ1) is 18.8. The highest BCUT2D eigenvalue weighted by atomic mass is 35.5. The van der Waals surface area contributed by atoms with Crippen LogP contribution in [0.1, 0.15) is 17.5 Å². The number of carbonyl (C=O) groups excluding carboxylic acids is 2. The van der Waals surface area contributed by atoms with Crippen LogP contribution in [0.5, 0.6) is 0 Å². The van der Waals surface area contributed by atoms with Crippen molar-refractivity contribution in [3.63, 3.8) is 0 Å². The molecule has 0 fully saturated rings. The number of carbonyl (C=O) groups is 2. The summed E-state index contributed by atoms with van der Waals surface area (Å²) in [7, 11) is 0. The van der Waals surface area contributed by atoms with Crippen molar-refractivity contribution in [1.29, 1.82) is 0 Å². The van der Waals surface area contributed by atoms with Crippen LogP contribution in [0.2, 0.25) is 5.02 Å². The van der Waals surface area contributed by atoms with Crippen molar-refractivity contribution in [3.8, 4) is 0 Å². The SMILES string of the molecule is Cc1cccc(NC(=O)CC(=O)Nc2ccc(Cl)c(C(F)(F)F)c2)c1. The molecule has 0 aliphatic heterocycles. The number of aryl methyl sites for hydroxylation is 1. The molecular weight excluding hydrogens is 357 g/mol. The molecule has 8 heteroatoms. The van der Waals surface area contributed by atoms with E-state index in [0.717, 1.165) is 17.7 Å². The Kier molecular flexibility index (Phi) is 5.69. The van der Waals surface area contributed by atoms with E-state index < -0.39 is 35.0 Å². The van der Waals surface area contributed by atoms with Gasteiger partial charge in [0.1, 0.15) is 6.42 Å². The van der Waals surface area contributed by atoms with Crippen molar-refractivity contribution in [1.82, 2.24) is 0 Å². The first-order valence-electron chi connectivity index (χ1n) is 7.18. The Balaban J connectivity index is 1.99. The van der Waals surface area contributed by atoms with Gasteiger partial charge < -0.3 is 10.6 Å². The maximum absolute atomic E-state index is 12.8. The van der Waals surface area contributed by atoms with Crippen LogP contribution in [0.25, 0.3) is 0 Å². The van der Waals surface area contributed by atoms with Gasteiger partial charge in [-0.1, -0.05) is 23.7 Å². The molecule has 0 aliphatic rings. The molecule has 132 valence electrons. The molecule has 2 aromatic carbocycles. The zero-order chi connectivity index (χ0) is 18.6. The largest absolute Gasteiger partial charge is 0.417 e. The molecule has 0 saturated heterocycles. The van der Waals surface area contributed by atoms with E-state index in [-0.39, 0.29) is 5.69 Å². The molecule has 0 atom stereocenters. The summed E-state index contributed by atoms with van der Waals surface area (Å²) in [5.74, 6) is -1.31. The van der Waals surface area contributed by atoms with E-state index in [2.05, 4.69) is 10.6 Å². The summed E-state index contributed by atoms with van der Waals surface area (Å²) in [4.78, 5) is 23.7. The highest BCUT2D eigenvalue weighted by Gasteiger charge is 2.33. The predicted molar refractivity (Wildman–Crippen MR) is 89.5 cm³/mol. The Morgan fingerprint density at radius 1 is 1.00 bits per heavy atom. The number of nitrogens with one attached hydrogen (secondary N) is 2. The van der Waals surface area contributed by atoms with Crippen LogP contribution in [-0.2, 0) is 15.8 Å². The lowest BCUT2D eigenvalue weighted by Gasteiger charge is -2.12. The number of alkyl halides is 3. The summed E-state index contributed by atoms with van der Waals surface area (Å²) in [6.45, 7) is 1.85. The van der Waals surface area contributed by atoms with Crippen molar-refractivity contribution in [3.05, 3.63) is 58.6 Å². The van der Waals surface area contributed by atoms with E-state index in [9.17, 15) is 22.8 Å². The summed E-state index contributed by atoms with van der Waals surface area (Å²) < 4.78 is 38.4. The third-order valence-corrected chi connectivity index (χ3v) is 3.51. The number of hydrogen-bond donors (Lipinski definition) is 2. The summed E-state index contributed by atoms with van der Waals surface area (Å²) in [5.41, 5.74) is 0.313. The van der Waals surface area contributed by atoms with Crippen LogP contribution in [-0.4, -0.2) is 11.8 Å². The first-order chi connectivity index (χ1) is 11.6. The van der Waals surface area contributed by atoms with Gasteiger partial charge in [0.2, 0.25) is 11.8 Å². The minimum absolute atomic E-state index is 0.0925. The molecule has 0 aliphatic carbocycles. The smallest absolute Gasteiger partial charge is 0.326 e. The van der Waals surface area contributed by atoms with Crippen molar-refractivity contribution in [2.24, 2.45) is 0 Å². The van der Waals surface area contributed by atoms with Crippen LogP contribution in [0.15, 0.2) is 42.5 Å². The van der Waals surface area contributed by atoms with Crippen molar-refractivity contribution >= 4 is 34.8 Å². The third-order valence-electron chi connectivity index (χ3n) is 3.18. The lowest BCUT2D eigenvalue weighted by molar-refractivity contribution is -0.137. The van der Waals surface area contributed by atoms with Crippen LogP contribution in [0, 0.1) is 6.92 Å². The quantitative estimate of drug-likeness (QED) is 0.771. The highest BCUT2D eigenvalue weighted by Crippen LogP contribution is 2.36. The summed E-state index contributed by atoms with van der Waals surface area (Å²) in [5, 5.41) is 4.32. The Bertz CT molecular complexity index is 807. The fourth-order valence-electron chi connectivity index (χ4n) is 2.10. The molecule has 25 heavy (non-hydrogen) atoms. The Morgan fingerprint density at radius 3 is 2.16 bits per heavy atom. The van der Waals surface area contributed by atoms with Crippen LogP contribution in [0.3, 0.4) is 0 Å². The molecule has 0 spiro atoms. The number of hydrogen-bond acceptors (Lipinski definition) is 2. The second-order valence-corrected chi connectivity index (χ2v) is 5.74. The second-order valence-electron chi connectivity index (χ2n) is 5.33. The van der Waals surface area contributed by atoms with Gasteiger partial charge >= 0.3 is 6.18 Å². The number of benzene rings is 2. The van der Waals surface area contributed by atoms with E-state index in [1.54, 1.807) is 18.2 Å². The van der Waals surface area contributed by atoms with Gasteiger partial charge in [-0.15, -0.1) is 0 Å². The van der Waals surface area contributed by atoms with Crippen LogP contribution >= 0.6 is 11.6 Å². The average molecular weight is 371 g/mol. The van der Waals surface area contributed by atoms with E-state index in [0.29, 0.717) is 5.69 Å². The third kappa shape index (κ3) is 5.49. The zero-order valence-corrected chi connectivity index (χ0v) is 13.8. The minimum atomic E-state index is -4.64. The highest BCUT2D eigenvalue weighted by molar-refractivity contribution is 6.31. The number of anilines is 2. The molecule has 0 radical (unpaired) electrons. The van der Waals surface area contributed by atoms with Gasteiger partial charge in [0.05, 0.1) is 10.6 Å². The molecule has 2 amide bonds. The molecule has 0 unspecified atom stereocenters. The molecule has 0 bridgehead atoms. The van der Waals surface area contributed by atoms with Gasteiger partial charge in [-0.3, -0.25) is 9.59 Å². The van der Waals surface area contributed by atoms with E-state index in [4.69, 9.17) is 11.6 Å². The average Bonchev–Trinajstić information content (AvgIpc) is 2.47. The summed E-state index contributed by atoms with van der Waals surface area (Å²) in [6.07, 6.45) is -5.17. The number of rotatable bonds is 4. The predicted octanol–water partition coefficient (Wildman–Crippen LogP) is 4.63. The van der Waals surface area contributed by atoms with E-state index >= 15 is 0 Å².